The number of hydrogen-bond acceptors (Lipinski definition) is 1. The van der Waals surface area contributed by atoms with Crippen molar-refractivity contribution in [2.24, 2.45) is 11.8 Å². The van der Waals surface area contributed by atoms with Gasteiger partial charge in [0.05, 0.1) is 10.0 Å². The average molecular weight is 314 g/mol. The Balaban J connectivity index is 2.24. The fourth-order valence-electron chi connectivity index (χ4n) is 3.37. The number of rotatable bonds is 5. The van der Waals surface area contributed by atoms with Gasteiger partial charge < -0.3 is 5.32 Å². The Hall–Kier alpha value is -0.240. The third-order valence-corrected chi connectivity index (χ3v) is 5.21. The largest absolute Gasteiger partial charge is 0.310 e. The zero-order chi connectivity index (χ0) is 14.5. The van der Waals surface area contributed by atoms with Crippen LogP contribution in [0.4, 0.5) is 0 Å². The van der Waals surface area contributed by atoms with Gasteiger partial charge in [0, 0.05) is 6.04 Å². The van der Waals surface area contributed by atoms with Crippen LogP contribution in [0.25, 0.3) is 0 Å². The lowest BCUT2D eigenvalue weighted by Crippen LogP contribution is -2.32. The molecule has 20 heavy (non-hydrogen) atoms. The number of nitrogens with one attached hydrogen (secondary N) is 1. The summed E-state index contributed by atoms with van der Waals surface area (Å²) in [4.78, 5) is 0. The van der Waals surface area contributed by atoms with E-state index in [1.807, 2.05) is 12.1 Å². The van der Waals surface area contributed by atoms with E-state index in [1.165, 1.54) is 31.2 Å². The van der Waals surface area contributed by atoms with Gasteiger partial charge in [-0.1, -0.05) is 62.0 Å². The Morgan fingerprint density at radius 3 is 2.80 bits per heavy atom. The molecule has 0 bridgehead atoms. The number of benzene rings is 1. The molecule has 0 aliphatic heterocycles. The van der Waals surface area contributed by atoms with Gasteiger partial charge in [-0.3, -0.25) is 0 Å². The highest BCUT2D eigenvalue weighted by Crippen LogP contribution is 2.40. The van der Waals surface area contributed by atoms with Crippen LogP contribution in [0.15, 0.2) is 18.2 Å². The summed E-state index contributed by atoms with van der Waals surface area (Å²) in [6.07, 6.45) is 6.39. The molecule has 1 nitrogen and oxygen atoms in total. The lowest BCUT2D eigenvalue weighted by molar-refractivity contribution is 0.224. The summed E-state index contributed by atoms with van der Waals surface area (Å²) in [5, 5.41) is 5.09. The van der Waals surface area contributed by atoms with E-state index in [-0.39, 0.29) is 0 Å². The van der Waals surface area contributed by atoms with Gasteiger partial charge in [-0.15, -0.1) is 0 Å². The van der Waals surface area contributed by atoms with Crippen LogP contribution in [0.2, 0.25) is 10.0 Å². The Bertz CT molecular complexity index is 433. The van der Waals surface area contributed by atoms with Crippen molar-refractivity contribution in [2.75, 3.05) is 6.54 Å². The van der Waals surface area contributed by atoms with Gasteiger partial charge in [-0.2, -0.15) is 0 Å². The first-order valence-electron chi connectivity index (χ1n) is 7.80. The summed E-state index contributed by atoms with van der Waals surface area (Å²) < 4.78 is 0. The summed E-state index contributed by atoms with van der Waals surface area (Å²) in [7, 11) is 0. The van der Waals surface area contributed by atoms with Crippen molar-refractivity contribution >= 4 is 23.2 Å². The molecule has 3 unspecified atom stereocenters. The van der Waals surface area contributed by atoms with Gasteiger partial charge in [-0.25, -0.2) is 0 Å². The van der Waals surface area contributed by atoms with Crippen molar-refractivity contribution in [1.82, 2.24) is 5.32 Å². The van der Waals surface area contributed by atoms with E-state index >= 15 is 0 Å². The molecule has 1 N–H and O–H groups in total. The standard InChI is InChI=1S/C17H25Cl2N/c1-3-10-20-17(13-7-4-6-12(2)11-13)14-8-5-9-15(18)16(14)19/h5,8-9,12-13,17,20H,3-4,6-7,10-11H2,1-2H3. The first-order chi connectivity index (χ1) is 9.63. The second-order valence-electron chi connectivity index (χ2n) is 6.11. The van der Waals surface area contributed by atoms with E-state index in [4.69, 9.17) is 23.2 Å². The van der Waals surface area contributed by atoms with Gasteiger partial charge in [-0.05, 0) is 49.3 Å². The van der Waals surface area contributed by atoms with Gasteiger partial charge in [0.2, 0.25) is 0 Å². The molecule has 1 fully saturated rings. The molecule has 112 valence electrons. The molecule has 2 rings (SSSR count). The Morgan fingerprint density at radius 1 is 1.30 bits per heavy atom. The van der Waals surface area contributed by atoms with Crippen LogP contribution in [-0.2, 0) is 0 Å². The van der Waals surface area contributed by atoms with Crippen molar-refractivity contribution in [3.63, 3.8) is 0 Å². The van der Waals surface area contributed by atoms with E-state index in [1.54, 1.807) is 0 Å². The van der Waals surface area contributed by atoms with Gasteiger partial charge >= 0.3 is 0 Å². The van der Waals surface area contributed by atoms with Crippen LogP contribution in [-0.4, -0.2) is 6.54 Å². The first-order valence-corrected chi connectivity index (χ1v) is 8.56. The summed E-state index contributed by atoms with van der Waals surface area (Å²) in [6, 6.07) is 6.34. The summed E-state index contributed by atoms with van der Waals surface area (Å²) >= 11 is 12.7. The van der Waals surface area contributed by atoms with Crippen molar-refractivity contribution in [1.29, 1.82) is 0 Å². The smallest absolute Gasteiger partial charge is 0.0640 e. The van der Waals surface area contributed by atoms with Crippen LogP contribution in [0.5, 0.6) is 0 Å². The topological polar surface area (TPSA) is 12.0 Å². The van der Waals surface area contributed by atoms with Crippen molar-refractivity contribution in [3.8, 4) is 0 Å². The minimum atomic E-state index is 0.337. The molecule has 1 aliphatic carbocycles. The molecule has 0 radical (unpaired) electrons. The highest BCUT2D eigenvalue weighted by atomic mass is 35.5. The second-order valence-corrected chi connectivity index (χ2v) is 6.89. The van der Waals surface area contributed by atoms with E-state index in [9.17, 15) is 0 Å². The monoisotopic (exact) mass is 313 g/mol. The van der Waals surface area contributed by atoms with E-state index in [0.29, 0.717) is 17.0 Å². The van der Waals surface area contributed by atoms with Gasteiger partial charge in [0.15, 0.2) is 0 Å². The molecular weight excluding hydrogens is 289 g/mol. The Labute approximate surface area is 133 Å². The fourth-order valence-corrected chi connectivity index (χ4v) is 3.80. The maximum Gasteiger partial charge on any atom is 0.0640 e. The maximum atomic E-state index is 6.45. The number of hydrogen-bond donors (Lipinski definition) is 1. The zero-order valence-electron chi connectivity index (χ0n) is 12.5. The van der Waals surface area contributed by atoms with Gasteiger partial charge in [0.25, 0.3) is 0 Å². The van der Waals surface area contributed by atoms with E-state index in [2.05, 4.69) is 25.2 Å². The minimum Gasteiger partial charge on any atom is -0.310 e. The average Bonchev–Trinajstić information content (AvgIpc) is 2.44. The predicted octanol–water partition coefficient (Wildman–Crippen LogP) is 5.86. The lowest BCUT2D eigenvalue weighted by atomic mass is 9.76. The zero-order valence-corrected chi connectivity index (χ0v) is 14.0. The molecule has 1 saturated carbocycles. The van der Waals surface area contributed by atoms with Crippen molar-refractivity contribution in [2.45, 2.75) is 52.0 Å². The third-order valence-electron chi connectivity index (χ3n) is 4.38. The lowest BCUT2D eigenvalue weighted by Gasteiger charge is -2.34. The first kappa shape index (κ1) is 16.1. The van der Waals surface area contributed by atoms with Crippen LogP contribution in [0, 0.1) is 11.8 Å². The van der Waals surface area contributed by atoms with E-state index < -0.39 is 0 Å². The fraction of sp³-hybridized carbons (Fsp3) is 0.647. The molecule has 1 aromatic carbocycles. The van der Waals surface area contributed by atoms with Crippen LogP contribution in [0.1, 0.15) is 57.6 Å². The molecule has 3 atom stereocenters. The molecule has 0 saturated heterocycles. The minimum absolute atomic E-state index is 0.337. The third kappa shape index (κ3) is 3.90. The van der Waals surface area contributed by atoms with Crippen LogP contribution >= 0.6 is 23.2 Å². The van der Waals surface area contributed by atoms with Crippen molar-refractivity contribution in [3.05, 3.63) is 33.8 Å². The normalized spacial score (nSPS) is 24.6. The number of halogens is 2. The van der Waals surface area contributed by atoms with Crippen LogP contribution in [0.3, 0.4) is 0 Å². The molecule has 0 heterocycles. The van der Waals surface area contributed by atoms with Crippen LogP contribution < -0.4 is 5.32 Å². The molecule has 1 aromatic rings. The molecular formula is C17H25Cl2N. The molecule has 0 amide bonds. The Kier molecular flexibility index (Phi) is 6.20. The molecule has 0 spiro atoms. The molecule has 3 heteroatoms. The molecule has 1 aliphatic rings. The summed E-state index contributed by atoms with van der Waals surface area (Å²) in [6.45, 7) is 5.59. The highest BCUT2D eigenvalue weighted by molar-refractivity contribution is 6.42. The SMILES string of the molecule is CCCNC(c1cccc(Cl)c1Cl)C1CCCC(C)C1. The summed E-state index contributed by atoms with van der Waals surface area (Å²) in [5.74, 6) is 1.49. The highest BCUT2D eigenvalue weighted by Gasteiger charge is 2.29. The van der Waals surface area contributed by atoms with E-state index in [0.717, 1.165) is 23.9 Å². The second kappa shape index (κ2) is 7.68. The van der Waals surface area contributed by atoms with Gasteiger partial charge in [0.1, 0.15) is 0 Å². The Morgan fingerprint density at radius 2 is 2.10 bits per heavy atom. The van der Waals surface area contributed by atoms with Crippen molar-refractivity contribution < 1.29 is 0 Å². The maximum absolute atomic E-state index is 6.45. The summed E-state index contributed by atoms with van der Waals surface area (Å²) in [5.41, 5.74) is 1.17. The molecule has 0 aromatic heterocycles. The predicted molar refractivity (Wildman–Crippen MR) is 88.6 cm³/mol. The quantitative estimate of drug-likeness (QED) is 0.717.